The van der Waals surface area contributed by atoms with Crippen molar-refractivity contribution in [3.63, 3.8) is 0 Å². The number of halogens is 2. The fourth-order valence-corrected chi connectivity index (χ4v) is 5.09. The van der Waals surface area contributed by atoms with Crippen molar-refractivity contribution in [3.05, 3.63) is 71.3 Å². The van der Waals surface area contributed by atoms with E-state index in [2.05, 4.69) is 22.3 Å². The lowest BCUT2D eigenvalue weighted by Crippen LogP contribution is -2.48. The lowest BCUT2D eigenvalue weighted by Gasteiger charge is -2.37. The van der Waals surface area contributed by atoms with Gasteiger partial charge >= 0.3 is 0 Å². The van der Waals surface area contributed by atoms with Crippen molar-refractivity contribution in [3.8, 4) is 0 Å². The molecule has 1 aliphatic carbocycles. The van der Waals surface area contributed by atoms with Gasteiger partial charge in [0.2, 0.25) is 0 Å². The van der Waals surface area contributed by atoms with Crippen molar-refractivity contribution >= 4 is 5.91 Å². The molecule has 32 heavy (non-hydrogen) atoms. The van der Waals surface area contributed by atoms with E-state index in [-0.39, 0.29) is 17.0 Å². The number of carbonyl (C=O) groups is 1. The second-order valence-corrected chi connectivity index (χ2v) is 8.85. The Balaban J connectivity index is 1.54. The maximum Gasteiger partial charge on any atom is 0.251 e. The molecule has 2 fully saturated rings. The van der Waals surface area contributed by atoms with E-state index < -0.39 is 23.6 Å². The molecule has 1 heterocycles. The highest BCUT2D eigenvalue weighted by atomic mass is 19.1. The number of hydrogen-bond acceptors (Lipinski definition) is 4. The summed E-state index contributed by atoms with van der Waals surface area (Å²) in [4.78, 5) is 15.0. The van der Waals surface area contributed by atoms with Crippen LogP contribution >= 0.6 is 0 Å². The van der Waals surface area contributed by atoms with E-state index in [9.17, 15) is 18.7 Å². The Kier molecular flexibility index (Phi) is 7.18. The second-order valence-electron chi connectivity index (χ2n) is 8.85. The molecule has 1 amide bonds. The van der Waals surface area contributed by atoms with Crippen LogP contribution in [-0.2, 0) is 10.2 Å². The predicted octanol–water partition coefficient (Wildman–Crippen LogP) is 3.27. The van der Waals surface area contributed by atoms with E-state index in [1.807, 2.05) is 18.2 Å². The predicted molar refractivity (Wildman–Crippen MR) is 117 cm³/mol. The molecule has 5 nitrogen and oxygen atoms in total. The van der Waals surface area contributed by atoms with E-state index in [4.69, 9.17) is 4.74 Å². The molecular formula is C25H30F2N2O3. The van der Waals surface area contributed by atoms with E-state index in [1.54, 1.807) is 0 Å². The number of ether oxygens (including phenoxy) is 1. The van der Waals surface area contributed by atoms with Crippen molar-refractivity contribution in [2.45, 2.75) is 43.2 Å². The number of nitrogens with one attached hydrogen (secondary N) is 1. The second kappa shape index (κ2) is 10.1. The van der Waals surface area contributed by atoms with Crippen LogP contribution in [0.5, 0.6) is 0 Å². The SMILES string of the molecule is O=C(NC[C@]1(c2ccccc2)CC[C@H](O)[C@@H](N2CCOCC2)CC1)c1cc(F)cc(F)c1. The molecule has 2 aromatic carbocycles. The van der Waals surface area contributed by atoms with Crippen LogP contribution in [0, 0.1) is 11.6 Å². The molecule has 0 bridgehead atoms. The van der Waals surface area contributed by atoms with Gasteiger partial charge in [0.15, 0.2) is 0 Å². The molecule has 4 rings (SSSR count). The number of aliphatic hydroxyl groups is 1. The van der Waals surface area contributed by atoms with Gasteiger partial charge < -0.3 is 15.2 Å². The first kappa shape index (κ1) is 22.8. The molecule has 7 heteroatoms. The van der Waals surface area contributed by atoms with Gasteiger partial charge in [-0.25, -0.2) is 8.78 Å². The van der Waals surface area contributed by atoms with Crippen molar-refractivity contribution in [2.24, 2.45) is 0 Å². The Morgan fingerprint density at radius 3 is 2.41 bits per heavy atom. The van der Waals surface area contributed by atoms with Crippen LogP contribution in [0.1, 0.15) is 41.6 Å². The van der Waals surface area contributed by atoms with E-state index in [1.165, 1.54) is 0 Å². The third-order valence-corrected chi connectivity index (χ3v) is 6.89. The Bertz CT molecular complexity index is 900. The molecule has 0 radical (unpaired) electrons. The number of amides is 1. The smallest absolute Gasteiger partial charge is 0.251 e. The van der Waals surface area contributed by atoms with E-state index in [0.29, 0.717) is 32.6 Å². The van der Waals surface area contributed by atoms with Crippen LogP contribution < -0.4 is 5.32 Å². The topological polar surface area (TPSA) is 61.8 Å². The van der Waals surface area contributed by atoms with Gasteiger partial charge in [-0.1, -0.05) is 30.3 Å². The fraction of sp³-hybridized carbons (Fsp3) is 0.480. The number of aliphatic hydroxyl groups excluding tert-OH is 1. The first-order valence-corrected chi connectivity index (χ1v) is 11.3. The van der Waals surface area contributed by atoms with E-state index in [0.717, 1.165) is 49.7 Å². The first-order valence-electron chi connectivity index (χ1n) is 11.3. The first-order chi connectivity index (χ1) is 15.5. The highest BCUT2D eigenvalue weighted by Gasteiger charge is 2.40. The third kappa shape index (κ3) is 5.17. The molecule has 1 aliphatic heterocycles. The molecule has 0 aromatic heterocycles. The molecule has 1 saturated heterocycles. The van der Waals surface area contributed by atoms with Crippen molar-refractivity contribution in [1.82, 2.24) is 10.2 Å². The van der Waals surface area contributed by atoms with E-state index >= 15 is 0 Å². The molecule has 2 aliphatic rings. The normalized spacial score (nSPS) is 27.0. The number of carbonyl (C=O) groups excluding carboxylic acids is 1. The average molecular weight is 445 g/mol. The van der Waals surface area contributed by atoms with Crippen LogP contribution in [0.15, 0.2) is 48.5 Å². The van der Waals surface area contributed by atoms with Gasteiger partial charge in [-0.2, -0.15) is 0 Å². The molecular weight excluding hydrogens is 414 g/mol. The Hall–Kier alpha value is -2.35. The summed E-state index contributed by atoms with van der Waals surface area (Å²) in [5.41, 5.74) is 0.691. The van der Waals surface area contributed by atoms with Crippen LogP contribution in [0.3, 0.4) is 0 Å². The maximum absolute atomic E-state index is 13.6. The van der Waals surface area contributed by atoms with Crippen molar-refractivity contribution in [1.29, 1.82) is 0 Å². The number of hydrogen-bond donors (Lipinski definition) is 2. The minimum Gasteiger partial charge on any atom is -0.391 e. The van der Waals surface area contributed by atoms with Gasteiger partial charge in [0.05, 0.1) is 19.3 Å². The van der Waals surface area contributed by atoms with Gasteiger partial charge in [0.1, 0.15) is 11.6 Å². The molecule has 0 unspecified atom stereocenters. The minimum absolute atomic E-state index is 0.0365. The molecule has 3 atom stereocenters. The summed E-state index contributed by atoms with van der Waals surface area (Å²) in [6.07, 6.45) is 2.44. The Labute approximate surface area is 187 Å². The average Bonchev–Trinajstić information content (AvgIpc) is 2.97. The summed E-state index contributed by atoms with van der Waals surface area (Å²) in [6, 6.07) is 12.9. The van der Waals surface area contributed by atoms with Gasteiger partial charge in [0.25, 0.3) is 5.91 Å². The summed E-state index contributed by atoms with van der Waals surface area (Å²) in [5.74, 6) is -2.06. The third-order valence-electron chi connectivity index (χ3n) is 6.89. The molecule has 2 N–H and O–H groups in total. The quantitative estimate of drug-likeness (QED) is 0.695. The van der Waals surface area contributed by atoms with Gasteiger partial charge in [0, 0.05) is 42.7 Å². The Morgan fingerprint density at radius 2 is 1.72 bits per heavy atom. The van der Waals surface area contributed by atoms with Gasteiger partial charge in [-0.15, -0.1) is 0 Å². The van der Waals surface area contributed by atoms with Crippen LogP contribution in [0.4, 0.5) is 8.78 Å². The molecule has 2 aromatic rings. The van der Waals surface area contributed by atoms with Crippen LogP contribution in [0.25, 0.3) is 0 Å². The summed E-state index contributed by atoms with van der Waals surface area (Å²) >= 11 is 0. The summed E-state index contributed by atoms with van der Waals surface area (Å²) in [5, 5.41) is 13.9. The zero-order chi connectivity index (χ0) is 22.6. The summed E-state index contributed by atoms with van der Waals surface area (Å²) < 4.78 is 32.6. The monoisotopic (exact) mass is 444 g/mol. The molecule has 0 spiro atoms. The van der Waals surface area contributed by atoms with Crippen LogP contribution in [0.2, 0.25) is 0 Å². The summed E-state index contributed by atoms with van der Waals surface area (Å²) in [7, 11) is 0. The highest BCUT2D eigenvalue weighted by molar-refractivity contribution is 5.94. The minimum atomic E-state index is -0.779. The highest BCUT2D eigenvalue weighted by Crippen LogP contribution is 2.39. The zero-order valence-corrected chi connectivity index (χ0v) is 18.1. The van der Waals surface area contributed by atoms with Crippen LogP contribution in [-0.4, -0.2) is 60.9 Å². The largest absolute Gasteiger partial charge is 0.391 e. The lowest BCUT2D eigenvalue weighted by molar-refractivity contribution is -0.0236. The van der Waals surface area contributed by atoms with Crippen molar-refractivity contribution < 1.29 is 23.4 Å². The number of rotatable bonds is 5. The van der Waals surface area contributed by atoms with Gasteiger partial charge in [-0.3, -0.25) is 9.69 Å². The zero-order valence-electron chi connectivity index (χ0n) is 18.1. The lowest BCUT2D eigenvalue weighted by atomic mass is 9.74. The maximum atomic E-state index is 13.6. The summed E-state index contributed by atoms with van der Waals surface area (Å²) in [6.45, 7) is 3.29. The standard InChI is InChI=1S/C25H30F2N2O3/c26-20-14-18(15-21(27)16-20)24(31)28-17-25(19-4-2-1-3-5-19)8-6-22(23(30)7-9-25)29-10-12-32-13-11-29/h1-5,14-16,22-23,30H,6-13,17H2,(H,28,31)/t22-,23-,25+/m0/s1. The Morgan fingerprint density at radius 1 is 1.06 bits per heavy atom. The fourth-order valence-electron chi connectivity index (χ4n) is 5.09. The molecule has 172 valence electrons. The van der Waals surface area contributed by atoms with Gasteiger partial charge in [-0.05, 0) is 43.4 Å². The molecule has 1 saturated carbocycles. The van der Waals surface area contributed by atoms with Crippen molar-refractivity contribution in [2.75, 3.05) is 32.8 Å². The number of benzene rings is 2. The number of nitrogens with zero attached hydrogens (tertiary/aromatic N) is 1. The number of morpholine rings is 1.